The summed E-state index contributed by atoms with van der Waals surface area (Å²) in [6.45, 7) is 14.2. The quantitative estimate of drug-likeness (QED) is 0.477. The number of halogens is 1. The van der Waals surface area contributed by atoms with E-state index in [0.717, 1.165) is 17.8 Å². The molecule has 0 bridgehead atoms. The summed E-state index contributed by atoms with van der Waals surface area (Å²) in [6.07, 6.45) is 0. The van der Waals surface area contributed by atoms with Gasteiger partial charge >= 0.3 is 102 Å². The first-order valence-electron chi connectivity index (χ1n) is 5.94. The van der Waals surface area contributed by atoms with Crippen molar-refractivity contribution in [1.29, 1.82) is 0 Å². The molecule has 2 heteroatoms. The Morgan fingerprint density at radius 2 is 0.929 bits per heavy atom. The van der Waals surface area contributed by atoms with Gasteiger partial charge in [-0.05, 0) is 0 Å². The van der Waals surface area contributed by atoms with Crippen molar-refractivity contribution < 1.29 is 17.6 Å². The van der Waals surface area contributed by atoms with Gasteiger partial charge in [-0.1, -0.05) is 0 Å². The van der Waals surface area contributed by atoms with Crippen molar-refractivity contribution >= 4 is 12.3 Å². The summed E-state index contributed by atoms with van der Waals surface area (Å²) in [6, 6.07) is 0. The molecule has 0 aromatic carbocycles. The van der Waals surface area contributed by atoms with Gasteiger partial charge in [0.1, 0.15) is 0 Å². The zero-order chi connectivity index (χ0) is 11.4. The minimum atomic E-state index is -2.03. The zero-order valence-corrected chi connectivity index (χ0v) is 15.9. The van der Waals surface area contributed by atoms with Gasteiger partial charge in [-0.15, -0.1) is 0 Å². The number of hydrogen-bond donors (Lipinski definition) is 0. The molecule has 0 unspecified atom stereocenters. The van der Waals surface area contributed by atoms with Crippen LogP contribution in [0.4, 0.5) is 0 Å². The van der Waals surface area contributed by atoms with Crippen molar-refractivity contribution in [3.05, 3.63) is 0 Å². The van der Waals surface area contributed by atoms with Gasteiger partial charge in [-0.2, -0.15) is 0 Å². The summed E-state index contributed by atoms with van der Waals surface area (Å²) in [5.74, 6) is 2.65. The topological polar surface area (TPSA) is 0 Å². The summed E-state index contributed by atoms with van der Waals surface area (Å²) in [7, 11) is 0. The fourth-order valence-electron chi connectivity index (χ4n) is 2.44. The first-order chi connectivity index (χ1) is 6.25. The molecule has 14 heavy (non-hydrogen) atoms. The summed E-state index contributed by atoms with van der Waals surface area (Å²) in [4.78, 5) is 0. The van der Waals surface area contributed by atoms with Crippen LogP contribution in [0.3, 0.4) is 0 Å². The first kappa shape index (κ1) is 15.4. The van der Waals surface area contributed by atoms with Gasteiger partial charge in [0, 0.05) is 0 Å². The maximum absolute atomic E-state index is 4.21. The molecular formula is C12H27BrHf. The van der Waals surface area contributed by atoms with Crippen molar-refractivity contribution in [3.8, 4) is 0 Å². The van der Waals surface area contributed by atoms with Crippen LogP contribution >= 0.6 is 12.3 Å². The van der Waals surface area contributed by atoms with Crippen LogP contribution in [0.1, 0.15) is 41.5 Å². The van der Waals surface area contributed by atoms with Crippen LogP contribution in [-0.2, 0) is 17.6 Å². The second kappa shape index (κ2) is 6.83. The van der Waals surface area contributed by atoms with E-state index in [0.29, 0.717) is 0 Å². The molecule has 0 radical (unpaired) electrons. The predicted octanol–water partition coefficient (Wildman–Crippen LogP) is 5.67. The summed E-state index contributed by atoms with van der Waals surface area (Å²) < 4.78 is 4.55. The van der Waals surface area contributed by atoms with E-state index in [9.17, 15) is 0 Å². The van der Waals surface area contributed by atoms with Crippen molar-refractivity contribution in [3.63, 3.8) is 0 Å². The third kappa shape index (κ3) is 7.62. The summed E-state index contributed by atoms with van der Waals surface area (Å²) in [5, 5.41) is 0. The third-order valence-electron chi connectivity index (χ3n) is 2.32. The molecule has 0 fully saturated rings. The van der Waals surface area contributed by atoms with Gasteiger partial charge in [0.2, 0.25) is 0 Å². The SMILES string of the molecule is CC(C)[CH2][Hf]([Br])([CH2]C(C)C)[CH2]C(C)C. The Hall–Kier alpha value is 1.35. The Bertz CT molecular complexity index is 126. The average Bonchev–Trinajstić information content (AvgIpc) is 1.76. The normalized spacial score (nSPS) is 13.3. The molecule has 0 aliphatic rings. The van der Waals surface area contributed by atoms with E-state index in [2.05, 4.69) is 53.8 Å². The van der Waals surface area contributed by atoms with Gasteiger partial charge in [0.05, 0.1) is 0 Å². The molecule has 0 aromatic rings. The van der Waals surface area contributed by atoms with Crippen LogP contribution in [0.5, 0.6) is 0 Å². The average molecular weight is 430 g/mol. The summed E-state index contributed by atoms with van der Waals surface area (Å²) in [5.41, 5.74) is 0. The number of hydrogen-bond acceptors (Lipinski definition) is 0. The van der Waals surface area contributed by atoms with Gasteiger partial charge in [0.15, 0.2) is 0 Å². The monoisotopic (exact) mass is 430 g/mol. The molecule has 0 saturated carbocycles. The molecule has 0 spiro atoms. The van der Waals surface area contributed by atoms with Crippen LogP contribution in [0.25, 0.3) is 0 Å². The van der Waals surface area contributed by atoms with E-state index in [4.69, 9.17) is 0 Å². The molecule has 0 aliphatic carbocycles. The molecule has 0 saturated heterocycles. The third-order valence-corrected chi connectivity index (χ3v) is 27.0. The Morgan fingerprint density at radius 3 is 1.07 bits per heavy atom. The van der Waals surface area contributed by atoms with Crippen LogP contribution in [-0.4, -0.2) is 0 Å². The molecule has 0 aliphatic heterocycles. The van der Waals surface area contributed by atoms with Crippen molar-refractivity contribution in [2.45, 2.75) is 54.1 Å². The van der Waals surface area contributed by atoms with Gasteiger partial charge in [0.25, 0.3) is 0 Å². The second-order valence-corrected chi connectivity index (χ2v) is 32.4. The minimum absolute atomic E-state index is 0.883. The second-order valence-electron chi connectivity index (χ2n) is 5.94. The van der Waals surface area contributed by atoms with E-state index in [1.165, 1.54) is 12.5 Å². The van der Waals surface area contributed by atoms with Crippen LogP contribution in [0.15, 0.2) is 0 Å². The Morgan fingerprint density at radius 1 is 0.714 bits per heavy atom. The van der Waals surface area contributed by atoms with E-state index >= 15 is 0 Å². The Kier molecular flexibility index (Phi) is 7.49. The molecule has 0 atom stereocenters. The predicted molar refractivity (Wildman–Crippen MR) is 67.9 cm³/mol. The molecule has 86 valence electrons. The first-order valence-corrected chi connectivity index (χ1v) is 21.4. The van der Waals surface area contributed by atoms with E-state index in [1.54, 1.807) is 0 Å². The van der Waals surface area contributed by atoms with Crippen molar-refractivity contribution in [1.82, 2.24) is 0 Å². The fraction of sp³-hybridized carbons (Fsp3) is 1.00. The van der Waals surface area contributed by atoms with E-state index < -0.39 is 17.6 Å². The van der Waals surface area contributed by atoms with Crippen LogP contribution in [0.2, 0.25) is 12.5 Å². The van der Waals surface area contributed by atoms with Crippen LogP contribution < -0.4 is 0 Å². The van der Waals surface area contributed by atoms with Crippen LogP contribution in [0, 0.1) is 17.8 Å². The van der Waals surface area contributed by atoms with E-state index in [1.807, 2.05) is 0 Å². The fourth-order valence-corrected chi connectivity index (χ4v) is 35.9. The van der Waals surface area contributed by atoms with Crippen molar-refractivity contribution in [2.24, 2.45) is 17.8 Å². The molecule has 0 rings (SSSR count). The van der Waals surface area contributed by atoms with Gasteiger partial charge in [-0.25, -0.2) is 0 Å². The standard InChI is InChI=1S/3C4H9.BrH.Hf/c3*1-4(2)3;;/h3*4H,1H2,2-3H3;1H;/q;;;;+1/p-1. The Labute approximate surface area is 101 Å². The molecule has 0 heterocycles. The molecule has 0 nitrogen and oxygen atoms in total. The number of rotatable bonds is 6. The molecule has 0 amide bonds. The van der Waals surface area contributed by atoms with Gasteiger partial charge in [-0.3, -0.25) is 0 Å². The van der Waals surface area contributed by atoms with Gasteiger partial charge < -0.3 is 0 Å². The molecular weight excluding hydrogens is 403 g/mol. The maximum atomic E-state index is 4.21. The van der Waals surface area contributed by atoms with Crippen molar-refractivity contribution in [2.75, 3.05) is 0 Å². The van der Waals surface area contributed by atoms with E-state index in [-0.39, 0.29) is 0 Å². The Balaban J connectivity index is 4.32. The zero-order valence-electron chi connectivity index (χ0n) is 10.7. The molecule has 0 N–H and O–H groups in total. The molecule has 0 aromatic heterocycles. The summed E-state index contributed by atoms with van der Waals surface area (Å²) >= 11 is 2.18.